The van der Waals surface area contributed by atoms with Crippen LogP contribution in [-0.4, -0.2) is 11.5 Å². The summed E-state index contributed by atoms with van der Waals surface area (Å²) in [6.07, 6.45) is 0. The van der Waals surface area contributed by atoms with Gasteiger partial charge in [-0.2, -0.15) is 0 Å². The van der Waals surface area contributed by atoms with Gasteiger partial charge in [0.1, 0.15) is 5.82 Å². The van der Waals surface area contributed by atoms with Crippen molar-refractivity contribution in [3.05, 3.63) is 59.3 Å². The second kappa shape index (κ2) is 6.58. The van der Waals surface area contributed by atoms with E-state index >= 15 is 0 Å². The third-order valence-corrected chi connectivity index (χ3v) is 3.38. The molecule has 0 radical (unpaired) electrons. The lowest BCUT2D eigenvalue weighted by molar-refractivity contribution is 0.809. The normalized spacial score (nSPS) is 10.5. The van der Waals surface area contributed by atoms with Crippen molar-refractivity contribution >= 4 is 17.4 Å². The number of pyridine rings is 1. The molecule has 2 rings (SSSR count). The summed E-state index contributed by atoms with van der Waals surface area (Å²) in [5.74, 6) is 1.53. The minimum atomic E-state index is 0.527. The summed E-state index contributed by atoms with van der Waals surface area (Å²) < 4.78 is 0. The molecule has 3 heteroatoms. The Kier molecular flexibility index (Phi) is 4.80. The van der Waals surface area contributed by atoms with Gasteiger partial charge in [0.2, 0.25) is 0 Å². The second-order valence-corrected chi connectivity index (χ2v) is 4.88. The number of anilines is 1. The predicted molar refractivity (Wildman–Crippen MR) is 81.7 cm³/mol. The van der Waals surface area contributed by atoms with Gasteiger partial charge in [-0.05, 0) is 37.1 Å². The van der Waals surface area contributed by atoms with Crippen LogP contribution in [0, 0.1) is 6.92 Å². The lowest BCUT2D eigenvalue weighted by Gasteiger charge is -2.23. The van der Waals surface area contributed by atoms with Gasteiger partial charge in [0.15, 0.2) is 0 Å². The highest BCUT2D eigenvalue weighted by Gasteiger charge is 2.08. The summed E-state index contributed by atoms with van der Waals surface area (Å²) >= 11 is 5.93. The molecule has 0 aliphatic heterocycles. The van der Waals surface area contributed by atoms with Crippen molar-refractivity contribution in [3.63, 3.8) is 0 Å². The quantitative estimate of drug-likeness (QED) is 0.761. The Morgan fingerprint density at radius 1 is 1.11 bits per heavy atom. The lowest BCUT2D eigenvalue weighted by Crippen LogP contribution is -2.23. The maximum Gasteiger partial charge on any atom is 0.129 e. The van der Waals surface area contributed by atoms with E-state index in [1.807, 2.05) is 19.1 Å². The highest BCUT2D eigenvalue weighted by Crippen LogP contribution is 2.18. The summed E-state index contributed by atoms with van der Waals surface area (Å²) in [5, 5.41) is 0. The average molecular weight is 275 g/mol. The van der Waals surface area contributed by atoms with Crippen LogP contribution < -0.4 is 4.90 Å². The summed E-state index contributed by atoms with van der Waals surface area (Å²) in [5.41, 5.74) is 3.43. The number of benzene rings is 1. The molecule has 0 aliphatic rings. The van der Waals surface area contributed by atoms with E-state index in [1.165, 1.54) is 5.56 Å². The summed E-state index contributed by atoms with van der Waals surface area (Å²) in [4.78, 5) is 6.88. The van der Waals surface area contributed by atoms with Crippen LogP contribution in [0.15, 0.2) is 42.5 Å². The van der Waals surface area contributed by atoms with E-state index in [9.17, 15) is 0 Å². The van der Waals surface area contributed by atoms with Gasteiger partial charge >= 0.3 is 0 Å². The SMILES string of the molecule is CCN(Cc1ccccc1)c1cc(CCl)cc(C)n1. The van der Waals surface area contributed by atoms with E-state index in [0.717, 1.165) is 30.2 Å². The van der Waals surface area contributed by atoms with Crippen LogP contribution in [0.25, 0.3) is 0 Å². The van der Waals surface area contributed by atoms with Gasteiger partial charge < -0.3 is 4.90 Å². The molecule has 0 unspecified atom stereocenters. The number of aromatic nitrogens is 1. The lowest BCUT2D eigenvalue weighted by atomic mass is 10.2. The monoisotopic (exact) mass is 274 g/mol. The van der Waals surface area contributed by atoms with E-state index in [-0.39, 0.29) is 0 Å². The molecule has 1 aromatic carbocycles. The molecule has 0 spiro atoms. The Morgan fingerprint density at radius 2 is 1.84 bits per heavy atom. The molecule has 2 aromatic rings. The number of alkyl halides is 1. The van der Waals surface area contributed by atoms with E-state index in [1.54, 1.807) is 0 Å². The third-order valence-electron chi connectivity index (χ3n) is 3.08. The summed E-state index contributed by atoms with van der Waals surface area (Å²) in [7, 11) is 0. The van der Waals surface area contributed by atoms with Crippen LogP contribution in [0.5, 0.6) is 0 Å². The zero-order chi connectivity index (χ0) is 13.7. The Bertz CT molecular complexity index is 526. The molecule has 0 saturated heterocycles. The number of hydrogen-bond donors (Lipinski definition) is 0. The molecule has 0 amide bonds. The van der Waals surface area contributed by atoms with E-state index in [0.29, 0.717) is 5.88 Å². The summed E-state index contributed by atoms with van der Waals surface area (Å²) in [6.45, 7) is 5.95. The Morgan fingerprint density at radius 3 is 2.47 bits per heavy atom. The van der Waals surface area contributed by atoms with Crippen molar-refractivity contribution in [3.8, 4) is 0 Å². The molecule has 0 bridgehead atoms. The highest BCUT2D eigenvalue weighted by molar-refractivity contribution is 6.17. The number of aryl methyl sites for hydroxylation is 1. The van der Waals surface area contributed by atoms with Crippen molar-refractivity contribution in [2.75, 3.05) is 11.4 Å². The van der Waals surface area contributed by atoms with Gasteiger partial charge in [0.05, 0.1) is 0 Å². The zero-order valence-electron chi connectivity index (χ0n) is 11.4. The van der Waals surface area contributed by atoms with Gasteiger partial charge in [-0.25, -0.2) is 4.98 Å². The van der Waals surface area contributed by atoms with Crippen LogP contribution in [-0.2, 0) is 12.4 Å². The van der Waals surface area contributed by atoms with Crippen molar-refractivity contribution < 1.29 is 0 Å². The minimum Gasteiger partial charge on any atom is -0.353 e. The van der Waals surface area contributed by atoms with Crippen molar-refractivity contribution in [1.82, 2.24) is 4.98 Å². The molecular formula is C16H19ClN2. The molecule has 0 aliphatic carbocycles. The minimum absolute atomic E-state index is 0.527. The highest BCUT2D eigenvalue weighted by atomic mass is 35.5. The first kappa shape index (κ1) is 13.9. The smallest absolute Gasteiger partial charge is 0.129 e. The van der Waals surface area contributed by atoms with Gasteiger partial charge in [-0.15, -0.1) is 11.6 Å². The van der Waals surface area contributed by atoms with Gasteiger partial charge in [0.25, 0.3) is 0 Å². The fourth-order valence-corrected chi connectivity index (χ4v) is 2.27. The molecule has 0 N–H and O–H groups in total. The van der Waals surface area contributed by atoms with Crippen LogP contribution in [0.3, 0.4) is 0 Å². The standard InChI is InChI=1S/C16H19ClN2/c1-3-19(12-14-7-5-4-6-8-14)16-10-15(11-17)9-13(2)18-16/h4-10H,3,11-12H2,1-2H3. The first-order valence-corrected chi connectivity index (χ1v) is 7.08. The predicted octanol–water partition coefficient (Wildman–Crippen LogP) is 4.16. The fourth-order valence-electron chi connectivity index (χ4n) is 2.12. The number of halogens is 1. The Labute approximate surface area is 120 Å². The Hall–Kier alpha value is -1.54. The molecule has 2 nitrogen and oxygen atoms in total. The van der Waals surface area contributed by atoms with Crippen molar-refractivity contribution in [2.45, 2.75) is 26.3 Å². The third kappa shape index (κ3) is 3.71. The second-order valence-electron chi connectivity index (χ2n) is 4.61. The molecular weight excluding hydrogens is 256 g/mol. The van der Waals surface area contributed by atoms with E-state index < -0.39 is 0 Å². The van der Waals surface area contributed by atoms with Gasteiger partial charge in [0, 0.05) is 24.7 Å². The molecule has 0 saturated carbocycles. The average Bonchev–Trinajstić information content (AvgIpc) is 2.45. The topological polar surface area (TPSA) is 16.1 Å². The van der Waals surface area contributed by atoms with Crippen molar-refractivity contribution in [1.29, 1.82) is 0 Å². The zero-order valence-corrected chi connectivity index (χ0v) is 12.2. The van der Waals surface area contributed by atoms with Gasteiger partial charge in [-0.1, -0.05) is 30.3 Å². The van der Waals surface area contributed by atoms with Crippen LogP contribution in [0.2, 0.25) is 0 Å². The fraction of sp³-hybridized carbons (Fsp3) is 0.312. The molecule has 0 atom stereocenters. The number of rotatable bonds is 5. The van der Waals surface area contributed by atoms with Crippen molar-refractivity contribution in [2.24, 2.45) is 0 Å². The largest absolute Gasteiger partial charge is 0.353 e. The van der Waals surface area contributed by atoms with E-state index in [4.69, 9.17) is 11.6 Å². The molecule has 1 heterocycles. The first-order valence-electron chi connectivity index (χ1n) is 6.55. The van der Waals surface area contributed by atoms with Crippen LogP contribution >= 0.6 is 11.6 Å². The van der Waals surface area contributed by atoms with Gasteiger partial charge in [-0.3, -0.25) is 0 Å². The van der Waals surface area contributed by atoms with Crippen LogP contribution in [0.4, 0.5) is 5.82 Å². The molecule has 19 heavy (non-hydrogen) atoms. The van der Waals surface area contributed by atoms with Crippen LogP contribution in [0.1, 0.15) is 23.7 Å². The summed E-state index contributed by atoms with van der Waals surface area (Å²) in [6, 6.07) is 14.6. The molecule has 0 fully saturated rings. The molecule has 100 valence electrons. The first-order chi connectivity index (χ1) is 9.22. The number of hydrogen-bond acceptors (Lipinski definition) is 2. The number of nitrogens with zero attached hydrogens (tertiary/aromatic N) is 2. The maximum atomic E-state index is 5.93. The molecule has 1 aromatic heterocycles. The maximum absolute atomic E-state index is 5.93. The van der Waals surface area contributed by atoms with E-state index in [2.05, 4.69) is 47.1 Å². The Balaban J connectivity index is 2.24.